The zero-order valence-electron chi connectivity index (χ0n) is 13.8. The molecule has 9 heteroatoms. The molecule has 24 heavy (non-hydrogen) atoms. The fraction of sp³-hybridized carbons (Fsp3) is 0.600. The number of ether oxygens (including phenoxy) is 1. The number of pyridine rings is 1. The van der Waals surface area contributed by atoms with E-state index in [1.54, 1.807) is 6.07 Å². The van der Waals surface area contributed by atoms with Gasteiger partial charge in [-0.1, -0.05) is 18.5 Å². The highest BCUT2D eigenvalue weighted by atomic mass is 35.5. The SMILES string of the molecule is CCc1nc(Cl)c([C@@H](COC)N2CC(C(C)(F)F)NC2=O)cc1N. The Morgan fingerprint density at radius 1 is 1.62 bits per heavy atom. The first-order valence-electron chi connectivity index (χ1n) is 7.57. The lowest BCUT2D eigenvalue weighted by atomic mass is 10.1. The number of nitrogens with two attached hydrogens (primary N) is 1. The molecule has 6 nitrogen and oxygen atoms in total. The van der Waals surface area contributed by atoms with Gasteiger partial charge in [0.1, 0.15) is 11.2 Å². The number of amides is 2. The van der Waals surface area contributed by atoms with Crippen LogP contribution in [0.5, 0.6) is 0 Å². The maximum absolute atomic E-state index is 13.5. The number of nitrogens with zero attached hydrogens (tertiary/aromatic N) is 2. The predicted octanol–water partition coefficient (Wildman–Crippen LogP) is 2.62. The van der Waals surface area contributed by atoms with Crippen molar-refractivity contribution in [2.45, 2.75) is 38.3 Å². The minimum Gasteiger partial charge on any atom is -0.397 e. The fourth-order valence-corrected chi connectivity index (χ4v) is 2.98. The van der Waals surface area contributed by atoms with Gasteiger partial charge in [-0.15, -0.1) is 0 Å². The second-order valence-corrected chi connectivity index (χ2v) is 6.20. The number of aryl methyl sites for hydroxylation is 1. The molecule has 0 spiro atoms. The monoisotopic (exact) mass is 362 g/mol. The number of nitrogens with one attached hydrogen (secondary N) is 1. The van der Waals surface area contributed by atoms with E-state index >= 15 is 0 Å². The standard InChI is InChI=1S/C15H21ClF2N4O2/c1-4-10-9(19)5-8(13(16)20-10)11(7-24-3)22-6-12(15(2,17)18)21-14(22)23/h5,11-12H,4,6-7,19H2,1-3H3,(H,21,23)/t11-,12?/m1/s1. The number of nitrogen functional groups attached to an aromatic ring is 1. The van der Waals surface area contributed by atoms with Gasteiger partial charge >= 0.3 is 6.03 Å². The summed E-state index contributed by atoms with van der Waals surface area (Å²) in [5.41, 5.74) is 7.52. The first kappa shape index (κ1) is 18.7. The predicted molar refractivity (Wildman–Crippen MR) is 87.3 cm³/mol. The molecule has 2 heterocycles. The molecule has 1 unspecified atom stereocenters. The number of halogens is 3. The van der Waals surface area contributed by atoms with Crippen molar-refractivity contribution in [3.05, 3.63) is 22.5 Å². The molecular weight excluding hydrogens is 342 g/mol. The number of aromatic nitrogens is 1. The van der Waals surface area contributed by atoms with Gasteiger partial charge in [-0.25, -0.2) is 18.6 Å². The van der Waals surface area contributed by atoms with E-state index in [4.69, 9.17) is 22.1 Å². The molecule has 2 atom stereocenters. The number of rotatable bonds is 6. The summed E-state index contributed by atoms with van der Waals surface area (Å²) in [4.78, 5) is 17.7. The Labute approximate surface area is 144 Å². The molecule has 0 radical (unpaired) electrons. The molecule has 1 aliphatic heterocycles. The van der Waals surface area contributed by atoms with E-state index in [1.165, 1.54) is 12.0 Å². The van der Waals surface area contributed by atoms with Crippen molar-refractivity contribution in [2.24, 2.45) is 0 Å². The van der Waals surface area contributed by atoms with Gasteiger partial charge in [0.15, 0.2) is 0 Å². The Hall–Kier alpha value is -1.67. The Morgan fingerprint density at radius 3 is 2.79 bits per heavy atom. The van der Waals surface area contributed by atoms with Gasteiger partial charge in [0.25, 0.3) is 5.92 Å². The van der Waals surface area contributed by atoms with Gasteiger partial charge < -0.3 is 20.7 Å². The van der Waals surface area contributed by atoms with Crippen molar-refractivity contribution in [1.82, 2.24) is 15.2 Å². The van der Waals surface area contributed by atoms with Gasteiger partial charge in [0.2, 0.25) is 0 Å². The third kappa shape index (κ3) is 3.70. The van der Waals surface area contributed by atoms with E-state index in [2.05, 4.69) is 10.3 Å². The molecule has 1 saturated heterocycles. The number of hydrogen-bond acceptors (Lipinski definition) is 4. The van der Waals surface area contributed by atoms with Crippen molar-refractivity contribution in [2.75, 3.05) is 26.0 Å². The zero-order valence-corrected chi connectivity index (χ0v) is 14.5. The van der Waals surface area contributed by atoms with E-state index in [0.29, 0.717) is 23.4 Å². The molecule has 0 saturated carbocycles. The molecule has 0 aromatic carbocycles. The second-order valence-electron chi connectivity index (χ2n) is 5.84. The van der Waals surface area contributed by atoms with E-state index in [-0.39, 0.29) is 18.3 Å². The first-order valence-corrected chi connectivity index (χ1v) is 7.95. The van der Waals surface area contributed by atoms with Crippen LogP contribution in [0, 0.1) is 0 Å². The fourth-order valence-electron chi connectivity index (χ4n) is 2.69. The number of hydrogen-bond donors (Lipinski definition) is 2. The number of alkyl halides is 2. The summed E-state index contributed by atoms with van der Waals surface area (Å²) in [5, 5.41) is 2.48. The van der Waals surface area contributed by atoms with Crippen LogP contribution in [-0.2, 0) is 11.2 Å². The highest BCUT2D eigenvalue weighted by Gasteiger charge is 2.45. The molecule has 1 fully saturated rings. The highest BCUT2D eigenvalue weighted by Crippen LogP contribution is 2.33. The normalized spacial score (nSPS) is 19.5. The van der Waals surface area contributed by atoms with Crippen molar-refractivity contribution in [3.63, 3.8) is 0 Å². The number of carbonyl (C=O) groups is 1. The summed E-state index contributed by atoms with van der Waals surface area (Å²) in [6.45, 7) is 2.59. The van der Waals surface area contributed by atoms with Crippen LogP contribution in [0.4, 0.5) is 19.3 Å². The van der Waals surface area contributed by atoms with Gasteiger partial charge in [-0.3, -0.25) is 0 Å². The number of anilines is 1. The third-order valence-electron chi connectivity index (χ3n) is 4.06. The molecular formula is C15H21ClF2N4O2. The van der Waals surface area contributed by atoms with E-state index < -0.39 is 24.0 Å². The van der Waals surface area contributed by atoms with Gasteiger partial charge in [0.05, 0.1) is 24.0 Å². The van der Waals surface area contributed by atoms with Crippen LogP contribution in [0.1, 0.15) is 31.1 Å². The average Bonchev–Trinajstić information content (AvgIpc) is 2.89. The van der Waals surface area contributed by atoms with Crippen LogP contribution in [0.2, 0.25) is 5.15 Å². The number of carbonyl (C=O) groups excluding carboxylic acids is 1. The maximum Gasteiger partial charge on any atom is 0.318 e. The van der Waals surface area contributed by atoms with Gasteiger partial charge in [-0.05, 0) is 12.5 Å². The minimum atomic E-state index is -3.03. The Morgan fingerprint density at radius 2 is 2.29 bits per heavy atom. The molecule has 2 rings (SSSR count). The number of methoxy groups -OCH3 is 1. The quantitative estimate of drug-likeness (QED) is 0.762. The van der Waals surface area contributed by atoms with Crippen LogP contribution in [0.15, 0.2) is 6.07 Å². The summed E-state index contributed by atoms with van der Waals surface area (Å²) in [7, 11) is 1.46. The topological polar surface area (TPSA) is 80.5 Å². The molecule has 2 amide bonds. The van der Waals surface area contributed by atoms with E-state index in [1.807, 2.05) is 6.92 Å². The second kappa shape index (κ2) is 7.06. The first-order chi connectivity index (χ1) is 11.2. The van der Waals surface area contributed by atoms with Crippen LogP contribution in [0.25, 0.3) is 0 Å². The van der Waals surface area contributed by atoms with E-state index in [0.717, 1.165) is 6.92 Å². The summed E-state index contributed by atoms with van der Waals surface area (Å²) < 4.78 is 32.2. The number of urea groups is 1. The summed E-state index contributed by atoms with van der Waals surface area (Å²) >= 11 is 6.23. The lowest BCUT2D eigenvalue weighted by molar-refractivity contribution is -0.0123. The average molecular weight is 363 g/mol. The summed E-state index contributed by atoms with van der Waals surface area (Å²) in [6, 6.07) is -0.903. The van der Waals surface area contributed by atoms with Crippen LogP contribution in [-0.4, -0.2) is 48.1 Å². The zero-order chi connectivity index (χ0) is 18.1. The Kier molecular flexibility index (Phi) is 5.49. The lowest BCUT2D eigenvalue weighted by Gasteiger charge is -2.28. The third-order valence-corrected chi connectivity index (χ3v) is 4.36. The van der Waals surface area contributed by atoms with Crippen molar-refractivity contribution in [1.29, 1.82) is 0 Å². The van der Waals surface area contributed by atoms with Crippen LogP contribution >= 0.6 is 11.6 Å². The maximum atomic E-state index is 13.5. The molecule has 0 aliphatic carbocycles. The molecule has 134 valence electrons. The van der Waals surface area contributed by atoms with Crippen LogP contribution < -0.4 is 11.1 Å². The molecule has 3 N–H and O–H groups in total. The smallest absolute Gasteiger partial charge is 0.318 e. The molecule has 0 bridgehead atoms. The summed E-state index contributed by atoms with van der Waals surface area (Å²) in [5.74, 6) is -3.03. The highest BCUT2D eigenvalue weighted by molar-refractivity contribution is 6.30. The van der Waals surface area contributed by atoms with Crippen molar-refractivity contribution >= 4 is 23.3 Å². The summed E-state index contributed by atoms with van der Waals surface area (Å²) in [6.07, 6.45) is 0.606. The molecule has 1 aliphatic rings. The van der Waals surface area contributed by atoms with Gasteiger partial charge in [0, 0.05) is 26.1 Å². The molecule has 1 aromatic rings. The Balaban J connectivity index is 2.37. The van der Waals surface area contributed by atoms with E-state index in [9.17, 15) is 13.6 Å². The van der Waals surface area contributed by atoms with Crippen LogP contribution in [0.3, 0.4) is 0 Å². The molecule has 1 aromatic heterocycles. The lowest BCUT2D eigenvalue weighted by Crippen LogP contribution is -2.41. The van der Waals surface area contributed by atoms with Crippen molar-refractivity contribution < 1.29 is 18.3 Å². The minimum absolute atomic E-state index is 0.0851. The Bertz CT molecular complexity index is 624. The van der Waals surface area contributed by atoms with Gasteiger partial charge in [-0.2, -0.15) is 0 Å². The van der Waals surface area contributed by atoms with Crippen molar-refractivity contribution in [3.8, 4) is 0 Å². The largest absolute Gasteiger partial charge is 0.397 e.